The van der Waals surface area contributed by atoms with Crippen molar-refractivity contribution >= 4 is 41.3 Å². The smallest absolute Gasteiger partial charge is 0.334 e. The van der Waals surface area contributed by atoms with Crippen LogP contribution in [0.4, 0.5) is 11.4 Å². The number of esters is 1. The number of nitro groups is 2. The van der Waals surface area contributed by atoms with E-state index in [2.05, 4.69) is 0 Å². The summed E-state index contributed by atoms with van der Waals surface area (Å²) in [6.07, 6.45) is 2.93. The number of nitro benzene ring substituents is 2. The number of ether oxygens (including phenoxy) is 2. The van der Waals surface area contributed by atoms with Gasteiger partial charge < -0.3 is 9.47 Å². The second-order valence-electron chi connectivity index (χ2n) is 8.12. The van der Waals surface area contributed by atoms with E-state index in [1.165, 1.54) is 56.5 Å². The van der Waals surface area contributed by atoms with Crippen molar-refractivity contribution in [3.8, 4) is 11.5 Å². The minimum atomic E-state index is -1.21. The molecule has 2 amide bonds. The minimum absolute atomic E-state index is 0.0272. The van der Waals surface area contributed by atoms with E-state index < -0.39 is 45.0 Å². The molecule has 1 heterocycles. The van der Waals surface area contributed by atoms with E-state index in [1.807, 2.05) is 0 Å². The third-order valence-corrected chi connectivity index (χ3v) is 5.83. The average Bonchev–Trinajstić information content (AvgIpc) is 3.16. The van der Waals surface area contributed by atoms with Crippen LogP contribution in [0.25, 0.3) is 12.2 Å². The summed E-state index contributed by atoms with van der Waals surface area (Å²) in [4.78, 5) is 59.8. The molecule has 3 aromatic rings. The maximum absolute atomic E-state index is 12.8. The van der Waals surface area contributed by atoms with Gasteiger partial charge in [-0.25, -0.2) is 4.79 Å². The van der Waals surface area contributed by atoms with Crippen LogP contribution >= 0.6 is 0 Å². The molecule has 0 aliphatic carbocycles. The van der Waals surface area contributed by atoms with Crippen molar-refractivity contribution in [3.05, 3.63) is 103 Å². The number of nitrogens with zero attached hydrogens (tertiary/aromatic N) is 3. The molecule has 0 N–H and O–H groups in total. The quantitative estimate of drug-likeness (QED) is 0.106. The summed E-state index contributed by atoms with van der Waals surface area (Å²) in [5.41, 5.74) is 0.234. The van der Waals surface area contributed by atoms with Gasteiger partial charge in [-0.2, -0.15) is 0 Å². The Labute approximate surface area is 215 Å². The number of imide groups is 1. The summed E-state index contributed by atoms with van der Waals surface area (Å²) in [6, 6.07) is 12.8. The van der Waals surface area contributed by atoms with Crippen molar-refractivity contribution in [3.63, 3.8) is 0 Å². The number of fused-ring (bicyclic) bond motifs is 1. The average molecular weight is 517 g/mol. The lowest BCUT2D eigenvalue weighted by Gasteiger charge is -2.21. The van der Waals surface area contributed by atoms with Gasteiger partial charge in [0.05, 0.1) is 39.7 Å². The fourth-order valence-electron chi connectivity index (χ4n) is 3.86. The van der Waals surface area contributed by atoms with E-state index >= 15 is 0 Å². The Bertz CT molecular complexity index is 1500. The first kappa shape index (κ1) is 25.7. The van der Waals surface area contributed by atoms with Gasteiger partial charge in [0.2, 0.25) is 0 Å². The molecule has 3 aromatic carbocycles. The van der Waals surface area contributed by atoms with Crippen LogP contribution in [0, 0.1) is 20.2 Å². The van der Waals surface area contributed by atoms with Crippen molar-refractivity contribution in [1.29, 1.82) is 0 Å². The number of non-ortho nitro benzene ring substituents is 1. The van der Waals surface area contributed by atoms with Crippen LogP contribution in [0.1, 0.15) is 38.8 Å². The molecule has 0 spiro atoms. The zero-order chi connectivity index (χ0) is 27.6. The Hall–Kier alpha value is -5.39. The normalized spacial score (nSPS) is 13.4. The van der Waals surface area contributed by atoms with Gasteiger partial charge in [0.15, 0.2) is 11.5 Å². The number of amides is 2. The van der Waals surface area contributed by atoms with Crippen molar-refractivity contribution in [2.75, 3.05) is 7.11 Å². The summed E-state index contributed by atoms with van der Waals surface area (Å²) >= 11 is 0. The summed E-state index contributed by atoms with van der Waals surface area (Å²) in [5.74, 6) is -1.87. The Morgan fingerprint density at radius 2 is 1.55 bits per heavy atom. The highest BCUT2D eigenvalue weighted by molar-refractivity contribution is 6.22. The molecule has 0 bridgehead atoms. The SMILES string of the molecule is COc1cc(/C=C/c2ccc([N+](=O)[O-])cc2[N+](=O)[O-])ccc1OC(=O)C(C)N1C(=O)c2ccccc2C1=O. The van der Waals surface area contributed by atoms with Gasteiger partial charge in [0, 0.05) is 6.07 Å². The summed E-state index contributed by atoms with van der Waals surface area (Å²) in [5, 5.41) is 22.3. The number of methoxy groups -OCH3 is 1. The van der Waals surface area contributed by atoms with Crippen LogP contribution in [0.3, 0.4) is 0 Å². The lowest BCUT2D eigenvalue weighted by atomic mass is 10.1. The monoisotopic (exact) mass is 517 g/mol. The van der Waals surface area contributed by atoms with Gasteiger partial charge in [0.1, 0.15) is 6.04 Å². The molecule has 0 saturated carbocycles. The van der Waals surface area contributed by atoms with Crippen molar-refractivity contribution < 1.29 is 33.7 Å². The van der Waals surface area contributed by atoms with E-state index in [4.69, 9.17) is 9.47 Å². The first-order chi connectivity index (χ1) is 18.1. The van der Waals surface area contributed by atoms with Crippen molar-refractivity contribution in [2.45, 2.75) is 13.0 Å². The van der Waals surface area contributed by atoms with Gasteiger partial charge >= 0.3 is 5.97 Å². The van der Waals surface area contributed by atoms with Crippen molar-refractivity contribution in [2.24, 2.45) is 0 Å². The molecule has 0 aromatic heterocycles. The standard InChI is InChI=1S/C26H19N3O9/c1-15(27-24(30)19-5-3-4-6-20(19)25(27)31)26(32)38-22-12-8-16(13-23(22)37-2)7-9-17-10-11-18(28(33)34)14-21(17)29(35)36/h3-15H,1-2H3/b9-7+. The zero-order valence-corrected chi connectivity index (χ0v) is 20.0. The Kier molecular flexibility index (Phi) is 6.97. The summed E-state index contributed by atoms with van der Waals surface area (Å²) in [6.45, 7) is 1.38. The van der Waals surface area contributed by atoms with Gasteiger partial charge in [-0.1, -0.05) is 24.3 Å². The zero-order valence-electron chi connectivity index (χ0n) is 20.0. The first-order valence-corrected chi connectivity index (χ1v) is 11.1. The van der Waals surface area contributed by atoms with Crippen LogP contribution in [0.15, 0.2) is 60.7 Å². The molecule has 1 unspecified atom stereocenters. The van der Waals surface area contributed by atoms with E-state index in [1.54, 1.807) is 18.2 Å². The predicted octanol–water partition coefficient (Wildman–Crippen LogP) is 4.27. The Morgan fingerprint density at radius 3 is 2.13 bits per heavy atom. The highest BCUT2D eigenvalue weighted by Crippen LogP contribution is 2.32. The first-order valence-electron chi connectivity index (χ1n) is 11.1. The molecule has 1 aliphatic rings. The number of hydrogen-bond acceptors (Lipinski definition) is 9. The molecular weight excluding hydrogens is 498 g/mol. The lowest BCUT2D eigenvalue weighted by molar-refractivity contribution is -0.394. The number of benzene rings is 3. The largest absolute Gasteiger partial charge is 0.493 e. The molecular formula is C26H19N3O9. The molecule has 38 heavy (non-hydrogen) atoms. The Balaban J connectivity index is 1.52. The molecule has 0 saturated heterocycles. The fourth-order valence-corrected chi connectivity index (χ4v) is 3.86. The number of hydrogen-bond donors (Lipinski definition) is 0. The third-order valence-electron chi connectivity index (χ3n) is 5.83. The number of carbonyl (C=O) groups excluding carboxylic acids is 3. The minimum Gasteiger partial charge on any atom is -0.493 e. The van der Waals surface area contributed by atoms with E-state index in [9.17, 15) is 34.6 Å². The lowest BCUT2D eigenvalue weighted by Crippen LogP contribution is -2.44. The van der Waals surface area contributed by atoms with E-state index in [0.29, 0.717) is 5.56 Å². The number of rotatable bonds is 8. The van der Waals surface area contributed by atoms with Gasteiger partial charge in [-0.3, -0.25) is 34.7 Å². The van der Waals surface area contributed by atoms with Crippen LogP contribution < -0.4 is 9.47 Å². The molecule has 1 atom stereocenters. The fraction of sp³-hybridized carbons (Fsp3) is 0.115. The maximum atomic E-state index is 12.8. The molecule has 12 nitrogen and oxygen atoms in total. The van der Waals surface area contributed by atoms with Gasteiger partial charge in [-0.15, -0.1) is 0 Å². The van der Waals surface area contributed by atoms with E-state index in [0.717, 1.165) is 17.0 Å². The highest BCUT2D eigenvalue weighted by atomic mass is 16.6. The van der Waals surface area contributed by atoms with Crippen molar-refractivity contribution in [1.82, 2.24) is 4.90 Å². The molecule has 12 heteroatoms. The second-order valence-corrected chi connectivity index (χ2v) is 8.12. The second kappa shape index (κ2) is 10.3. The van der Waals surface area contributed by atoms with Crippen LogP contribution in [0.5, 0.6) is 11.5 Å². The van der Waals surface area contributed by atoms with Gasteiger partial charge in [-0.05, 0) is 48.9 Å². The third kappa shape index (κ3) is 4.82. The Morgan fingerprint density at radius 1 is 0.895 bits per heavy atom. The molecule has 0 radical (unpaired) electrons. The topological polar surface area (TPSA) is 159 Å². The highest BCUT2D eigenvalue weighted by Gasteiger charge is 2.41. The molecule has 1 aliphatic heterocycles. The van der Waals surface area contributed by atoms with Crippen LogP contribution in [0.2, 0.25) is 0 Å². The summed E-state index contributed by atoms with van der Waals surface area (Å²) in [7, 11) is 1.34. The number of carbonyl (C=O) groups is 3. The summed E-state index contributed by atoms with van der Waals surface area (Å²) < 4.78 is 10.7. The molecule has 192 valence electrons. The predicted molar refractivity (Wildman–Crippen MR) is 134 cm³/mol. The molecule has 0 fully saturated rings. The van der Waals surface area contributed by atoms with Gasteiger partial charge in [0.25, 0.3) is 23.2 Å². The molecule has 4 rings (SSSR count). The maximum Gasteiger partial charge on any atom is 0.334 e. The van der Waals surface area contributed by atoms with Crippen LogP contribution in [-0.2, 0) is 4.79 Å². The van der Waals surface area contributed by atoms with Crippen LogP contribution in [-0.4, -0.2) is 45.7 Å². The van der Waals surface area contributed by atoms with E-state index in [-0.39, 0.29) is 28.2 Å².